The van der Waals surface area contributed by atoms with Gasteiger partial charge in [0.25, 0.3) is 0 Å². The van der Waals surface area contributed by atoms with Gasteiger partial charge < -0.3 is 4.57 Å². The molecule has 0 amide bonds. The molecular weight excluding hydrogens is 524 g/mol. The number of hydrogen-bond acceptors (Lipinski definition) is 3. The van der Waals surface area contributed by atoms with Gasteiger partial charge in [-0.25, -0.2) is 15.0 Å². The van der Waals surface area contributed by atoms with E-state index in [1.54, 1.807) is 48.5 Å². The van der Waals surface area contributed by atoms with Crippen LogP contribution in [0.25, 0.3) is 72.8 Å². The fraction of sp³-hybridized carbons (Fsp3) is 0. The van der Waals surface area contributed by atoms with E-state index in [4.69, 9.17) is 27.8 Å². The number of rotatable bonds is 5. The lowest BCUT2D eigenvalue weighted by atomic mass is 10.0. The van der Waals surface area contributed by atoms with Crippen molar-refractivity contribution in [1.82, 2.24) is 19.5 Å². The zero-order chi connectivity index (χ0) is 39.9. The molecule has 2 heterocycles. The van der Waals surface area contributed by atoms with Gasteiger partial charge in [0.2, 0.25) is 0 Å². The lowest BCUT2D eigenvalue weighted by Gasteiger charge is -2.16. The summed E-state index contributed by atoms with van der Waals surface area (Å²) < 4.78 is 114. The van der Waals surface area contributed by atoms with E-state index in [1.165, 1.54) is 4.57 Å². The highest BCUT2D eigenvalue weighted by Crippen LogP contribution is 2.38. The summed E-state index contributed by atoms with van der Waals surface area (Å²) in [5.41, 5.74) is 1.75. The Morgan fingerprint density at radius 1 is 0.442 bits per heavy atom. The Balaban J connectivity index is 1.57. The van der Waals surface area contributed by atoms with Crippen molar-refractivity contribution in [2.75, 3.05) is 0 Å². The first-order valence-corrected chi connectivity index (χ1v) is 13.3. The summed E-state index contributed by atoms with van der Waals surface area (Å²) in [5.74, 6) is -0.219. The molecule has 2 aromatic heterocycles. The third-order valence-electron chi connectivity index (χ3n) is 7.01. The zero-order valence-corrected chi connectivity index (χ0v) is 22.3. The molecule has 0 bridgehead atoms. The van der Waals surface area contributed by atoms with Crippen LogP contribution in [0.4, 0.5) is 0 Å². The van der Waals surface area contributed by atoms with Gasteiger partial charge in [-0.3, -0.25) is 0 Å². The predicted octanol–water partition coefficient (Wildman–Crippen LogP) is 9.64. The molecule has 0 radical (unpaired) electrons. The lowest BCUT2D eigenvalue weighted by Crippen LogP contribution is -2.04. The first-order valence-electron chi connectivity index (χ1n) is 19.8. The number of para-hydroxylation sites is 2. The molecule has 4 heteroatoms. The van der Waals surface area contributed by atoms with Crippen LogP contribution in [0.5, 0.6) is 0 Å². The van der Waals surface area contributed by atoms with E-state index in [2.05, 4.69) is 4.98 Å². The molecule has 0 aliphatic carbocycles. The molecule has 8 aromatic rings. The van der Waals surface area contributed by atoms with Gasteiger partial charge in [0.1, 0.15) is 0 Å². The zero-order valence-electron chi connectivity index (χ0n) is 35.3. The van der Waals surface area contributed by atoms with Crippen LogP contribution in [0.2, 0.25) is 0 Å². The van der Waals surface area contributed by atoms with Crippen molar-refractivity contribution < 1.29 is 17.8 Å². The first kappa shape index (κ1) is 14.9. The van der Waals surface area contributed by atoms with E-state index in [0.29, 0.717) is 11.1 Å². The highest BCUT2D eigenvalue weighted by Gasteiger charge is 2.20. The van der Waals surface area contributed by atoms with E-state index in [0.717, 1.165) is 5.56 Å². The average molecular weight is 564 g/mol. The minimum Gasteiger partial charge on any atom is -0.308 e. The maximum Gasteiger partial charge on any atom is 0.166 e. The minimum atomic E-state index is -0.597. The molecule has 0 saturated carbocycles. The molecule has 43 heavy (non-hydrogen) atoms. The van der Waals surface area contributed by atoms with Gasteiger partial charge in [0, 0.05) is 27.5 Å². The SMILES string of the molecule is [2H]c1c([2H])c([2H])c(-c2nc(-c3ccccc3)nc(-c3ccc(-c4ccccc4)cc3-n3c4c([2H])c([2H])c([2H])c([2H])c4c4c([2H])c([2H])c([2H])c([2H])c43)n2)c([2H])c1[2H]. The Labute approximate surface area is 267 Å². The Kier molecular flexibility index (Phi) is 3.63. The molecule has 6 aromatic carbocycles. The van der Waals surface area contributed by atoms with Crippen LogP contribution in [0.3, 0.4) is 0 Å². The van der Waals surface area contributed by atoms with Crippen molar-refractivity contribution in [3.8, 4) is 51.0 Å². The Bertz CT molecular complexity index is 2850. The van der Waals surface area contributed by atoms with Gasteiger partial charge in [-0.1, -0.05) is 133 Å². The van der Waals surface area contributed by atoms with Gasteiger partial charge in [-0.05, 0) is 35.3 Å². The Hall–Kier alpha value is -5.87. The van der Waals surface area contributed by atoms with Crippen LogP contribution >= 0.6 is 0 Å². The predicted molar refractivity (Wildman–Crippen MR) is 176 cm³/mol. The summed E-state index contributed by atoms with van der Waals surface area (Å²) in [6.07, 6.45) is 0. The van der Waals surface area contributed by atoms with Gasteiger partial charge in [0.15, 0.2) is 17.5 Å². The minimum absolute atomic E-state index is 0.0630. The molecule has 0 aliphatic rings. The molecule has 8 rings (SSSR count). The van der Waals surface area contributed by atoms with Crippen LogP contribution in [-0.2, 0) is 0 Å². The molecule has 0 unspecified atom stereocenters. The largest absolute Gasteiger partial charge is 0.308 e. The third-order valence-corrected chi connectivity index (χ3v) is 7.01. The molecule has 4 nitrogen and oxygen atoms in total. The van der Waals surface area contributed by atoms with Crippen molar-refractivity contribution >= 4 is 21.8 Å². The molecule has 0 aliphatic heterocycles. The molecule has 0 N–H and O–H groups in total. The summed E-state index contributed by atoms with van der Waals surface area (Å²) in [6, 6.07) is 15.9. The molecule has 202 valence electrons. The number of fused-ring (bicyclic) bond motifs is 3. The standard InChI is InChI=1S/C39H26N4/c1-4-14-27(15-5-1)30-24-25-33(36(26-30)43-34-22-12-10-20-31(34)32-21-11-13-23-35(32)43)39-41-37(28-16-6-2-7-17-28)40-38(42-39)29-18-8-3-9-19-29/h1-26H/i2D,6D,7D,10D,11D,12D,13D,16D,17D,20D,21D,22D,23D. The Morgan fingerprint density at radius 3 is 1.63 bits per heavy atom. The Morgan fingerprint density at radius 2 is 0.977 bits per heavy atom. The van der Waals surface area contributed by atoms with Crippen LogP contribution in [-0.4, -0.2) is 19.5 Å². The monoisotopic (exact) mass is 563 g/mol. The maximum atomic E-state index is 9.13. The smallest absolute Gasteiger partial charge is 0.166 e. The van der Waals surface area contributed by atoms with Crippen LogP contribution in [0.1, 0.15) is 17.8 Å². The van der Waals surface area contributed by atoms with Gasteiger partial charge in [-0.2, -0.15) is 0 Å². The van der Waals surface area contributed by atoms with E-state index in [9.17, 15) is 0 Å². The van der Waals surface area contributed by atoms with Crippen LogP contribution in [0, 0.1) is 0 Å². The maximum absolute atomic E-state index is 9.13. The average Bonchev–Trinajstić information content (AvgIpc) is 3.59. The first-order chi connectivity index (χ1) is 26.7. The highest BCUT2D eigenvalue weighted by atomic mass is 15.1. The summed E-state index contributed by atoms with van der Waals surface area (Å²) in [7, 11) is 0. The number of aromatic nitrogens is 4. The van der Waals surface area contributed by atoms with E-state index >= 15 is 0 Å². The second kappa shape index (κ2) is 10.5. The molecule has 0 saturated heterocycles. The van der Waals surface area contributed by atoms with Crippen molar-refractivity contribution in [1.29, 1.82) is 0 Å². The van der Waals surface area contributed by atoms with E-state index < -0.39 is 78.6 Å². The molecule has 0 fully saturated rings. The van der Waals surface area contributed by atoms with Crippen molar-refractivity contribution in [2.45, 2.75) is 0 Å². The van der Waals surface area contributed by atoms with E-state index in [-0.39, 0.29) is 56.1 Å². The number of nitrogens with zero attached hydrogens (tertiary/aromatic N) is 4. The summed E-state index contributed by atoms with van der Waals surface area (Å²) in [4.78, 5) is 14.1. The number of benzene rings is 6. The van der Waals surface area contributed by atoms with Crippen molar-refractivity contribution in [3.63, 3.8) is 0 Å². The molecule has 0 atom stereocenters. The van der Waals surface area contributed by atoms with Crippen LogP contribution < -0.4 is 0 Å². The second-order valence-corrected chi connectivity index (χ2v) is 9.55. The fourth-order valence-corrected chi connectivity index (χ4v) is 5.06. The molecular formula is C39H26N4. The van der Waals surface area contributed by atoms with Crippen molar-refractivity contribution in [3.05, 3.63) is 157 Å². The van der Waals surface area contributed by atoms with E-state index in [1.807, 2.05) is 30.3 Å². The van der Waals surface area contributed by atoms with Gasteiger partial charge in [0.05, 0.1) is 34.5 Å². The van der Waals surface area contributed by atoms with Crippen LogP contribution in [0.15, 0.2) is 157 Å². The summed E-state index contributed by atoms with van der Waals surface area (Å²) >= 11 is 0. The van der Waals surface area contributed by atoms with Gasteiger partial charge >= 0.3 is 0 Å². The topological polar surface area (TPSA) is 43.6 Å². The van der Waals surface area contributed by atoms with Crippen molar-refractivity contribution in [2.24, 2.45) is 0 Å². The quantitative estimate of drug-likeness (QED) is 0.209. The fourth-order valence-electron chi connectivity index (χ4n) is 5.06. The number of hydrogen-bond donors (Lipinski definition) is 0. The summed E-state index contributed by atoms with van der Waals surface area (Å²) in [6.45, 7) is 0. The second-order valence-electron chi connectivity index (χ2n) is 9.55. The van der Waals surface area contributed by atoms with Gasteiger partial charge in [-0.15, -0.1) is 0 Å². The normalized spacial score (nSPS) is 15.5. The molecule has 0 spiro atoms. The highest BCUT2D eigenvalue weighted by molar-refractivity contribution is 6.09. The lowest BCUT2D eigenvalue weighted by molar-refractivity contribution is 1.06. The third kappa shape index (κ3) is 4.46. The summed E-state index contributed by atoms with van der Waals surface area (Å²) in [5, 5.41) is -0.232.